The number of hydrogen-bond acceptors (Lipinski definition) is 2. The maximum Gasteiger partial charge on any atom is 0.101 e. The summed E-state index contributed by atoms with van der Waals surface area (Å²) in [4.78, 5) is 0. The van der Waals surface area contributed by atoms with Crippen molar-refractivity contribution in [1.29, 1.82) is 0 Å². The molecule has 1 aromatic heterocycles. The van der Waals surface area contributed by atoms with Crippen LogP contribution in [0.2, 0.25) is 0 Å². The molecule has 2 N–H and O–H groups in total. The lowest BCUT2D eigenvalue weighted by molar-refractivity contribution is 0.530. The van der Waals surface area contributed by atoms with Crippen LogP contribution >= 0.6 is 0 Å². The maximum atomic E-state index is 6.19. The number of nitrogens with two attached hydrogens (primary N) is 1. The Bertz CT molecular complexity index is 473. The van der Waals surface area contributed by atoms with Crippen LogP contribution in [0.3, 0.4) is 0 Å². The van der Waals surface area contributed by atoms with Crippen molar-refractivity contribution < 1.29 is 4.42 Å². The van der Waals surface area contributed by atoms with E-state index in [-0.39, 0.29) is 6.04 Å². The highest BCUT2D eigenvalue weighted by molar-refractivity contribution is 5.33. The second-order valence-electron chi connectivity index (χ2n) is 4.07. The molecule has 0 bridgehead atoms. The third-order valence-corrected chi connectivity index (χ3v) is 2.83. The van der Waals surface area contributed by atoms with Crippen LogP contribution in [0, 0.1) is 6.92 Å². The van der Waals surface area contributed by atoms with E-state index < -0.39 is 0 Å². The Balaban J connectivity index is 2.29. The number of benzene rings is 1. The van der Waals surface area contributed by atoms with Crippen LogP contribution in [0.4, 0.5) is 0 Å². The monoisotopic (exact) mass is 215 g/mol. The minimum Gasteiger partial charge on any atom is -0.469 e. The Morgan fingerprint density at radius 1 is 1.25 bits per heavy atom. The van der Waals surface area contributed by atoms with E-state index >= 15 is 0 Å². The molecule has 0 radical (unpaired) electrons. The van der Waals surface area contributed by atoms with Crippen LogP contribution < -0.4 is 5.73 Å². The predicted octanol–water partition coefficient (Wildman–Crippen LogP) is 3.20. The van der Waals surface area contributed by atoms with E-state index in [0.29, 0.717) is 0 Å². The van der Waals surface area contributed by atoms with Gasteiger partial charge in [-0.2, -0.15) is 0 Å². The lowest BCUT2D eigenvalue weighted by atomic mass is 9.99. The van der Waals surface area contributed by atoms with Gasteiger partial charge >= 0.3 is 0 Å². The third-order valence-electron chi connectivity index (χ3n) is 2.83. The van der Waals surface area contributed by atoms with Gasteiger partial charge in [-0.1, -0.05) is 31.2 Å². The van der Waals surface area contributed by atoms with Gasteiger partial charge in [0.05, 0.1) is 12.3 Å². The SMILES string of the molecule is CCc1cccc(C(N)c2coc(C)c2)c1. The Kier molecular flexibility index (Phi) is 3.11. The highest BCUT2D eigenvalue weighted by atomic mass is 16.3. The molecule has 1 heterocycles. The highest BCUT2D eigenvalue weighted by Gasteiger charge is 2.11. The van der Waals surface area contributed by atoms with E-state index in [1.54, 1.807) is 6.26 Å². The summed E-state index contributed by atoms with van der Waals surface area (Å²) in [6.45, 7) is 4.07. The molecule has 0 aliphatic rings. The lowest BCUT2D eigenvalue weighted by Crippen LogP contribution is -2.11. The largest absolute Gasteiger partial charge is 0.469 e. The Morgan fingerprint density at radius 2 is 2.06 bits per heavy atom. The van der Waals surface area contributed by atoms with Crippen molar-refractivity contribution in [2.24, 2.45) is 5.73 Å². The number of aryl methyl sites for hydroxylation is 2. The molecule has 0 aliphatic carbocycles. The van der Waals surface area contributed by atoms with Gasteiger partial charge in [-0.3, -0.25) is 0 Å². The Hall–Kier alpha value is -1.54. The summed E-state index contributed by atoms with van der Waals surface area (Å²) in [5.74, 6) is 0.900. The normalized spacial score (nSPS) is 12.7. The first-order valence-corrected chi connectivity index (χ1v) is 5.60. The zero-order valence-corrected chi connectivity index (χ0v) is 9.73. The van der Waals surface area contributed by atoms with Crippen molar-refractivity contribution in [3.05, 3.63) is 59.0 Å². The van der Waals surface area contributed by atoms with E-state index in [9.17, 15) is 0 Å². The molecule has 2 rings (SSSR count). The summed E-state index contributed by atoms with van der Waals surface area (Å²) in [6.07, 6.45) is 2.77. The molecular formula is C14H17NO. The van der Waals surface area contributed by atoms with Gasteiger partial charge in [0.15, 0.2) is 0 Å². The molecular weight excluding hydrogens is 198 g/mol. The van der Waals surface area contributed by atoms with Crippen LogP contribution in [0.25, 0.3) is 0 Å². The summed E-state index contributed by atoms with van der Waals surface area (Å²) in [6, 6.07) is 10.3. The van der Waals surface area contributed by atoms with Gasteiger partial charge in [-0.05, 0) is 30.5 Å². The molecule has 1 aromatic carbocycles. The third kappa shape index (κ3) is 2.17. The summed E-state index contributed by atoms with van der Waals surface area (Å²) in [7, 11) is 0. The van der Waals surface area contributed by atoms with Gasteiger partial charge in [-0.25, -0.2) is 0 Å². The fraction of sp³-hybridized carbons (Fsp3) is 0.286. The van der Waals surface area contributed by atoms with Crippen molar-refractivity contribution in [3.63, 3.8) is 0 Å². The van der Waals surface area contributed by atoms with Crippen LogP contribution in [0.15, 0.2) is 41.0 Å². The van der Waals surface area contributed by atoms with E-state index in [4.69, 9.17) is 10.2 Å². The van der Waals surface area contributed by atoms with E-state index in [0.717, 1.165) is 23.3 Å². The molecule has 0 spiro atoms. The summed E-state index contributed by atoms with van der Waals surface area (Å²) < 4.78 is 5.28. The van der Waals surface area contributed by atoms with Gasteiger partial charge in [0.25, 0.3) is 0 Å². The molecule has 0 saturated carbocycles. The molecule has 2 aromatic rings. The van der Waals surface area contributed by atoms with Crippen molar-refractivity contribution >= 4 is 0 Å². The minimum atomic E-state index is -0.0936. The zero-order valence-electron chi connectivity index (χ0n) is 9.73. The van der Waals surface area contributed by atoms with Gasteiger partial charge in [0.1, 0.15) is 5.76 Å². The standard InChI is InChI=1S/C14H17NO/c1-3-11-5-4-6-12(8-11)14(15)13-7-10(2)16-9-13/h4-9,14H,3,15H2,1-2H3. The topological polar surface area (TPSA) is 39.2 Å². The fourth-order valence-corrected chi connectivity index (χ4v) is 1.83. The van der Waals surface area contributed by atoms with Crippen molar-refractivity contribution in [2.45, 2.75) is 26.3 Å². The van der Waals surface area contributed by atoms with Crippen LogP contribution in [0.1, 0.15) is 35.4 Å². The van der Waals surface area contributed by atoms with E-state index in [1.807, 2.05) is 13.0 Å². The van der Waals surface area contributed by atoms with Crippen LogP contribution in [-0.2, 0) is 6.42 Å². The zero-order chi connectivity index (χ0) is 11.5. The van der Waals surface area contributed by atoms with Gasteiger partial charge in [0.2, 0.25) is 0 Å². The summed E-state index contributed by atoms with van der Waals surface area (Å²) in [5.41, 5.74) is 9.68. The fourth-order valence-electron chi connectivity index (χ4n) is 1.83. The summed E-state index contributed by atoms with van der Waals surface area (Å²) in [5, 5.41) is 0. The number of furan rings is 1. The number of rotatable bonds is 3. The van der Waals surface area contributed by atoms with Gasteiger partial charge < -0.3 is 10.2 Å². The average Bonchev–Trinajstić information content (AvgIpc) is 2.75. The molecule has 2 heteroatoms. The highest BCUT2D eigenvalue weighted by Crippen LogP contribution is 2.22. The summed E-state index contributed by atoms with van der Waals surface area (Å²) >= 11 is 0. The second-order valence-corrected chi connectivity index (χ2v) is 4.07. The molecule has 84 valence electrons. The van der Waals surface area contributed by atoms with Crippen molar-refractivity contribution in [3.8, 4) is 0 Å². The van der Waals surface area contributed by atoms with E-state index in [2.05, 4.69) is 31.2 Å². The van der Waals surface area contributed by atoms with Crippen molar-refractivity contribution in [1.82, 2.24) is 0 Å². The molecule has 0 aliphatic heterocycles. The first-order valence-electron chi connectivity index (χ1n) is 5.60. The lowest BCUT2D eigenvalue weighted by Gasteiger charge is -2.10. The quantitative estimate of drug-likeness (QED) is 0.854. The first kappa shape index (κ1) is 11.0. The van der Waals surface area contributed by atoms with Crippen LogP contribution in [-0.4, -0.2) is 0 Å². The second kappa shape index (κ2) is 4.54. The van der Waals surface area contributed by atoms with Crippen LogP contribution in [0.5, 0.6) is 0 Å². The smallest absolute Gasteiger partial charge is 0.101 e. The molecule has 1 atom stereocenters. The van der Waals surface area contributed by atoms with Crippen molar-refractivity contribution in [2.75, 3.05) is 0 Å². The molecule has 2 nitrogen and oxygen atoms in total. The molecule has 1 unspecified atom stereocenters. The average molecular weight is 215 g/mol. The van der Waals surface area contributed by atoms with Gasteiger partial charge in [0, 0.05) is 5.56 Å². The maximum absolute atomic E-state index is 6.19. The van der Waals surface area contributed by atoms with E-state index in [1.165, 1.54) is 5.56 Å². The molecule has 0 saturated heterocycles. The molecule has 0 fully saturated rings. The Morgan fingerprint density at radius 3 is 2.69 bits per heavy atom. The number of hydrogen-bond donors (Lipinski definition) is 1. The minimum absolute atomic E-state index is 0.0936. The molecule has 16 heavy (non-hydrogen) atoms. The Labute approximate surface area is 96.1 Å². The predicted molar refractivity (Wildman–Crippen MR) is 65.3 cm³/mol. The molecule has 0 amide bonds. The first-order chi connectivity index (χ1) is 7.70. The van der Waals surface area contributed by atoms with Gasteiger partial charge in [-0.15, -0.1) is 0 Å².